The fourth-order valence-corrected chi connectivity index (χ4v) is 5.80. The number of methoxy groups -OCH3 is 1. The first-order chi connectivity index (χ1) is 10.3. The zero-order valence-corrected chi connectivity index (χ0v) is 14.8. The maximum absolute atomic E-state index is 12.0. The first kappa shape index (κ1) is 17.4. The van der Waals surface area contributed by atoms with Gasteiger partial charge in [0.25, 0.3) is 0 Å². The SMILES string of the molecule is COc1cc(Cl)c(C)cc1NC(=O)CS[C@@H]1CCS(=O)(=O)C1. The summed E-state index contributed by atoms with van der Waals surface area (Å²) >= 11 is 7.40. The maximum atomic E-state index is 12.0. The van der Waals surface area contributed by atoms with Gasteiger partial charge in [0.05, 0.1) is 30.1 Å². The summed E-state index contributed by atoms with van der Waals surface area (Å²) in [6.07, 6.45) is 0.615. The van der Waals surface area contributed by atoms with E-state index >= 15 is 0 Å². The summed E-state index contributed by atoms with van der Waals surface area (Å²) < 4.78 is 28.0. The van der Waals surface area contributed by atoms with Crippen molar-refractivity contribution in [2.24, 2.45) is 0 Å². The van der Waals surface area contributed by atoms with Crippen molar-refractivity contribution in [2.75, 3.05) is 29.7 Å². The van der Waals surface area contributed by atoms with Crippen molar-refractivity contribution in [1.29, 1.82) is 0 Å². The number of nitrogens with one attached hydrogen (secondary N) is 1. The Labute approximate surface area is 139 Å². The minimum Gasteiger partial charge on any atom is -0.495 e. The molecule has 122 valence electrons. The highest BCUT2D eigenvalue weighted by atomic mass is 35.5. The highest BCUT2D eigenvalue weighted by Gasteiger charge is 2.28. The molecule has 0 bridgehead atoms. The van der Waals surface area contributed by atoms with Gasteiger partial charge in [-0.2, -0.15) is 0 Å². The molecule has 1 heterocycles. The lowest BCUT2D eigenvalue weighted by molar-refractivity contribution is -0.113. The van der Waals surface area contributed by atoms with E-state index in [1.807, 2.05) is 6.92 Å². The molecule has 1 aromatic carbocycles. The standard InChI is InChI=1S/C14H18ClNO4S2/c1-9-5-12(13(20-2)6-11(9)15)16-14(17)7-21-10-3-4-22(18,19)8-10/h5-6,10H,3-4,7-8H2,1-2H3,(H,16,17)/t10-/m1/s1. The van der Waals surface area contributed by atoms with Gasteiger partial charge >= 0.3 is 0 Å². The molecule has 5 nitrogen and oxygen atoms in total. The molecule has 2 rings (SSSR count). The number of hydrogen-bond donors (Lipinski definition) is 1. The van der Waals surface area contributed by atoms with E-state index in [9.17, 15) is 13.2 Å². The summed E-state index contributed by atoms with van der Waals surface area (Å²) in [5.74, 6) is 0.905. The van der Waals surface area contributed by atoms with E-state index in [1.54, 1.807) is 12.1 Å². The van der Waals surface area contributed by atoms with Gasteiger partial charge in [-0.05, 0) is 25.0 Å². The number of aryl methyl sites for hydroxylation is 1. The molecule has 1 aliphatic rings. The Morgan fingerprint density at radius 3 is 2.82 bits per heavy atom. The van der Waals surface area contributed by atoms with E-state index in [0.717, 1.165) is 5.56 Å². The second kappa shape index (κ2) is 7.10. The molecule has 0 aliphatic carbocycles. The maximum Gasteiger partial charge on any atom is 0.234 e. The van der Waals surface area contributed by atoms with Gasteiger partial charge in [0.1, 0.15) is 5.75 Å². The smallest absolute Gasteiger partial charge is 0.234 e. The third-order valence-electron chi connectivity index (χ3n) is 3.40. The van der Waals surface area contributed by atoms with Crippen molar-refractivity contribution in [3.8, 4) is 5.75 Å². The van der Waals surface area contributed by atoms with Crippen LogP contribution in [-0.4, -0.2) is 43.9 Å². The summed E-state index contributed by atoms with van der Waals surface area (Å²) in [5, 5.41) is 3.36. The molecule has 0 aromatic heterocycles. The van der Waals surface area contributed by atoms with Gasteiger partial charge < -0.3 is 10.1 Å². The van der Waals surface area contributed by atoms with Gasteiger partial charge in [-0.15, -0.1) is 11.8 Å². The Kier molecular flexibility index (Phi) is 5.63. The summed E-state index contributed by atoms with van der Waals surface area (Å²) in [4.78, 5) is 12.0. The molecule has 1 saturated heterocycles. The molecule has 0 radical (unpaired) electrons. The van der Waals surface area contributed by atoms with Crippen molar-refractivity contribution < 1.29 is 17.9 Å². The highest BCUT2D eigenvalue weighted by molar-refractivity contribution is 8.02. The lowest BCUT2D eigenvalue weighted by Gasteiger charge is -2.13. The highest BCUT2D eigenvalue weighted by Crippen LogP contribution is 2.31. The quantitative estimate of drug-likeness (QED) is 0.870. The van der Waals surface area contributed by atoms with Gasteiger partial charge in [0, 0.05) is 16.3 Å². The van der Waals surface area contributed by atoms with E-state index in [0.29, 0.717) is 22.9 Å². The normalized spacial score (nSPS) is 19.9. The van der Waals surface area contributed by atoms with Crippen molar-refractivity contribution in [2.45, 2.75) is 18.6 Å². The number of carbonyl (C=O) groups is 1. The number of benzene rings is 1. The van der Waals surface area contributed by atoms with Crippen molar-refractivity contribution >= 4 is 44.8 Å². The van der Waals surface area contributed by atoms with Gasteiger partial charge in [-0.3, -0.25) is 4.79 Å². The van der Waals surface area contributed by atoms with E-state index in [4.69, 9.17) is 16.3 Å². The Bertz CT molecular complexity index is 676. The first-order valence-corrected chi connectivity index (χ1v) is 10.0. The van der Waals surface area contributed by atoms with Crippen LogP contribution in [0.5, 0.6) is 5.75 Å². The van der Waals surface area contributed by atoms with Crippen LogP contribution < -0.4 is 10.1 Å². The average Bonchev–Trinajstić information content (AvgIpc) is 2.80. The fourth-order valence-electron chi connectivity index (χ4n) is 2.20. The predicted molar refractivity (Wildman–Crippen MR) is 90.9 cm³/mol. The molecule has 0 unspecified atom stereocenters. The van der Waals surface area contributed by atoms with Crippen molar-refractivity contribution in [1.82, 2.24) is 0 Å². The van der Waals surface area contributed by atoms with Crippen LogP contribution in [0, 0.1) is 6.92 Å². The number of sulfone groups is 1. The second-order valence-corrected chi connectivity index (χ2v) is 9.11. The van der Waals surface area contributed by atoms with Gasteiger partial charge in [0.15, 0.2) is 9.84 Å². The molecule has 1 aliphatic heterocycles. The molecule has 1 atom stereocenters. The number of anilines is 1. The van der Waals surface area contributed by atoms with Gasteiger partial charge in [0.2, 0.25) is 5.91 Å². The average molecular weight is 364 g/mol. The predicted octanol–water partition coefficient (Wildman–Crippen LogP) is 2.52. The fraction of sp³-hybridized carbons (Fsp3) is 0.500. The van der Waals surface area contributed by atoms with Crippen LogP contribution in [0.3, 0.4) is 0 Å². The Hall–Kier alpha value is -0.920. The molecular weight excluding hydrogens is 346 g/mol. The van der Waals surface area contributed by atoms with E-state index in [2.05, 4.69) is 5.32 Å². The van der Waals surface area contributed by atoms with Gasteiger partial charge in [-0.1, -0.05) is 11.6 Å². The lowest BCUT2D eigenvalue weighted by Crippen LogP contribution is -2.17. The molecule has 0 saturated carbocycles. The number of halogens is 1. The molecule has 1 N–H and O–H groups in total. The molecule has 22 heavy (non-hydrogen) atoms. The van der Waals surface area contributed by atoms with Crippen molar-refractivity contribution in [3.05, 3.63) is 22.7 Å². The molecule has 1 amide bonds. The number of rotatable bonds is 5. The second-order valence-electron chi connectivity index (χ2n) is 5.19. The summed E-state index contributed by atoms with van der Waals surface area (Å²) in [5.41, 5.74) is 1.40. The van der Waals surface area contributed by atoms with E-state index in [-0.39, 0.29) is 28.4 Å². The van der Waals surface area contributed by atoms with Crippen LogP contribution in [0.2, 0.25) is 5.02 Å². The number of hydrogen-bond acceptors (Lipinski definition) is 5. The van der Waals surface area contributed by atoms with E-state index in [1.165, 1.54) is 18.9 Å². The summed E-state index contributed by atoms with van der Waals surface area (Å²) in [6, 6.07) is 3.41. The van der Waals surface area contributed by atoms with Crippen LogP contribution in [0.25, 0.3) is 0 Å². The first-order valence-electron chi connectivity index (χ1n) is 6.77. The summed E-state index contributed by atoms with van der Waals surface area (Å²) in [6.45, 7) is 1.84. The Balaban J connectivity index is 1.94. The Morgan fingerprint density at radius 2 is 2.23 bits per heavy atom. The monoisotopic (exact) mass is 363 g/mol. The minimum atomic E-state index is -2.91. The Morgan fingerprint density at radius 1 is 1.50 bits per heavy atom. The number of ether oxygens (including phenoxy) is 1. The lowest BCUT2D eigenvalue weighted by atomic mass is 10.2. The largest absolute Gasteiger partial charge is 0.495 e. The number of thioether (sulfide) groups is 1. The number of amides is 1. The molecular formula is C14H18ClNO4S2. The molecule has 8 heteroatoms. The summed E-state index contributed by atoms with van der Waals surface area (Å²) in [7, 11) is -1.40. The van der Waals surface area contributed by atoms with Gasteiger partial charge in [-0.25, -0.2) is 8.42 Å². The third-order valence-corrected chi connectivity index (χ3v) is 7.08. The topological polar surface area (TPSA) is 72.5 Å². The van der Waals surface area contributed by atoms with E-state index < -0.39 is 9.84 Å². The molecule has 0 spiro atoms. The third kappa shape index (κ3) is 4.54. The molecule has 1 fully saturated rings. The van der Waals surface area contributed by atoms with Crippen LogP contribution in [0.1, 0.15) is 12.0 Å². The van der Waals surface area contributed by atoms with Crippen molar-refractivity contribution in [3.63, 3.8) is 0 Å². The zero-order chi connectivity index (χ0) is 16.3. The number of carbonyl (C=O) groups excluding carboxylic acids is 1. The minimum absolute atomic E-state index is 0.00426. The van der Waals surface area contributed by atoms with Crippen LogP contribution in [0.4, 0.5) is 5.69 Å². The zero-order valence-electron chi connectivity index (χ0n) is 12.4. The molecule has 1 aromatic rings. The van der Waals surface area contributed by atoms with Crippen LogP contribution in [-0.2, 0) is 14.6 Å². The van der Waals surface area contributed by atoms with Crippen LogP contribution in [0.15, 0.2) is 12.1 Å². The van der Waals surface area contributed by atoms with Crippen LogP contribution >= 0.6 is 23.4 Å².